The number of nitrogens with two attached hydrogens (primary N) is 1. The standard InChI is InChI=1S/C23H27ClN4O2S/c1-15(2)31(29,30)28-18-12-10-17(11-13-18)6-4-7-19-14-22(27-23(25)26-19)20-8-5-9-21(24)16(20)3/h5,8-15,28H,4,6-7H2,1-3H3,(H2,25,26,27). The number of halogens is 1. The number of hydrogen-bond acceptors (Lipinski definition) is 5. The number of benzene rings is 2. The minimum atomic E-state index is -3.34. The molecule has 0 radical (unpaired) electrons. The van der Waals surface area contributed by atoms with Crippen molar-refractivity contribution in [2.24, 2.45) is 0 Å². The van der Waals surface area contributed by atoms with Gasteiger partial charge in [0.15, 0.2) is 0 Å². The molecule has 0 atom stereocenters. The highest BCUT2D eigenvalue weighted by Crippen LogP contribution is 2.28. The highest BCUT2D eigenvalue weighted by atomic mass is 35.5. The Labute approximate surface area is 188 Å². The molecule has 1 aromatic heterocycles. The van der Waals surface area contributed by atoms with E-state index in [9.17, 15) is 8.42 Å². The van der Waals surface area contributed by atoms with Crippen LogP contribution in [0.25, 0.3) is 11.3 Å². The molecule has 31 heavy (non-hydrogen) atoms. The molecular weight excluding hydrogens is 432 g/mol. The first-order valence-corrected chi connectivity index (χ1v) is 12.1. The van der Waals surface area contributed by atoms with Gasteiger partial charge in [-0.05, 0) is 75.4 Å². The van der Waals surface area contributed by atoms with Crippen LogP contribution in [0.2, 0.25) is 5.02 Å². The topological polar surface area (TPSA) is 98.0 Å². The molecule has 6 nitrogen and oxygen atoms in total. The second kappa shape index (κ2) is 9.66. The van der Waals surface area contributed by atoms with Crippen LogP contribution in [0, 0.1) is 6.92 Å². The number of rotatable bonds is 8. The molecule has 0 fully saturated rings. The molecule has 0 spiro atoms. The van der Waals surface area contributed by atoms with E-state index < -0.39 is 15.3 Å². The van der Waals surface area contributed by atoms with E-state index in [0.29, 0.717) is 10.7 Å². The number of anilines is 2. The molecule has 3 N–H and O–H groups in total. The van der Waals surface area contributed by atoms with Gasteiger partial charge in [0.1, 0.15) is 0 Å². The first-order chi connectivity index (χ1) is 14.7. The Morgan fingerprint density at radius 1 is 1.06 bits per heavy atom. The van der Waals surface area contributed by atoms with E-state index in [2.05, 4.69) is 14.7 Å². The summed E-state index contributed by atoms with van der Waals surface area (Å²) in [5.41, 5.74) is 11.2. The molecule has 0 bridgehead atoms. The van der Waals surface area contributed by atoms with Gasteiger partial charge in [0.25, 0.3) is 0 Å². The van der Waals surface area contributed by atoms with Crippen molar-refractivity contribution in [3.05, 3.63) is 70.4 Å². The Morgan fingerprint density at radius 2 is 1.77 bits per heavy atom. The van der Waals surface area contributed by atoms with Crippen molar-refractivity contribution in [1.29, 1.82) is 0 Å². The number of nitrogen functional groups attached to an aromatic ring is 1. The van der Waals surface area contributed by atoms with Crippen LogP contribution >= 0.6 is 11.6 Å². The van der Waals surface area contributed by atoms with E-state index in [-0.39, 0.29) is 5.95 Å². The van der Waals surface area contributed by atoms with Gasteiger partial charge in [-0.2, -0.15) is 0 Å². The third-order valence-electron chi connectivity index (χ3n) is 5.07. The number of nitrogens with one attached hydrogen (secondary N) is 1. The Balaban J connectivity index is 1.64. The average molecular weight is 459 g/mol. The van der Waals surface area contributed by atoms with Gasteiger partial charge in [-0.25, -0.2) is 18.4 Å². The van der Waals surface area contributed by atoms with Gasteiger partial charge in [0.2, 0.25) is 16.0 Å². The van der Waals surface area contributed by atoms with E-state index in [1.807, 2.05) is 43.3 Å². The summed E-state index contributed by atoms with van der Waals surface area (Å²) in [6.45, 7) is 5.26. The monoisotopic (exact) mass is 458 g/mol. The van der Waals surface area contributed by atoms with Crippen molar-refractivity contribution in [3.63, 3.8) is 0 Å². The molecule has 3 aromatic rings. The summed E-state index contributed by atoms with van der Waals surface area (Å²) in [5, 5.41) is 0.212. The lowest BCUT2D eigenvalue weighted by atomic mass is 10.0. The van der Waals surface area contributed by atoms with Gasteiger partial charge in [-0.1, -0.05) is 35.9 Å². The molecule has 0 unspecified atom stereocenters. The summed E-state index contributed by atoms with van der Waals surface area (Å²) in [6, 6.07) is 15.1. The number of hydrogen-bond donors (Lipinski definition) is 2. The van der Waals surface area contributed by atoms with Crippen LogP contribution < -0.4 is 10.5 Å². The highest BCUT2D eigenvalue weighted by Gasteiger charge is 2.15. The third-order valence-corrected chi connectivity index (χ3v) is 7.24. The highest BCUT2D eigenvalue weighted by molar-refractivity contribution is 7.93. The van der Waals surface area contributed by atoms with E-state index in [0.717, 1.165) is 47.3 Å². The van der Waals surface area contributed by atoms with Crippen molar-refractivity contribution >= 4 is 33.3 Å². The van der Waals surface area contributed by atoms with Crippen molar-refractivity contribution in [2.45, 2.75) is 45.3 Å². The fraction of sp³-hybridized carbons (Fsp3) is 0.304. The summed E-state index contributed by atoms with van der Waals surface area (Å²) in [4.78, 5) is 8.75. The Morgan fingerprint density at radius 3 is 2.45 bits per heavy atom. The fourth-order valence-electron chi connectivity index (χ4n) is 3.16. The molecule has 0 aliphatic heterocycles. The molecule has 2 aromatic carbocycles. The zero-order chi connectivity index (χ0) is 22.6. The van der Waals surface area contributed by atoms with Gasteiger partial charge in [-0.15, -0.1) is 0 Å². The van der Waals surface area contributed by atoms with Gasteiger partial charge in [0, 0.05) is 22.0 Å². The lowest BCUT2D eigenvalue weighted by Gasteiger charge is -2.11. The van der Waals surface area contributed by atoms with Crippen LogP contribution in [-0.2, 0) is 22.9 Å². The second-order valence-electron chi connectivity index (χ2n) is 7.76. The minimum absolute atomic E-state index is 0.244. The molecule has 0 aliphatic carbocycles. The van der Waals surface area contributed by atoms with Crippen LogP contribution in [0.3, 0.4) is 0 Å². The van der Waals surface area contributed by atoms with Gasteiger partial charge < -0.3 is 5.73 Å². The van der Waals surface area contributed by atoms with Crippen molar-refractivity contribution < 1.29 is 8.42 Å². The molecule has 0 saturated carbocycles. The first kappa shape index (κ1) is 23.0. The summed E-state index contributed by atoms with van der Waals surface area (Å²) in [6.07, 6.45) is 2.47. The fourth-order valence-corrected chi connectivity index (χ4v) is 4.04. The summed E-state index contributed by atoms with van der Waals surface area (Å²) >= 11 is 6.24. The Bertz CT molecular complexity index is 1160. The maximum absolute atomic E-state index is 12.0. The molecule has 0 amide bonds. The van der Waals surface area contributed by atoms with Gasteiger partial charge in [0.05, 0.1) is 10.9 Å². The van der Waals surface area contributed by atoms with Crippen LogP contribution in [0.15, 0.2) is 48.5 Å². The minimum Gasteiger partial charge on any atom is -0.368 e. The van der Waals surface area contributed by atoms with E-state index in [4.69, 9.17) is 17.3 Å². The second-order valence-corrected chi connectivity index (χ2v) is 10.4. The summed E-state index contributed by atoms with van der Waals surface area (Å²) in [7, 11) is -3.34. The predicted molar refractivity (Wildman–Crippen MR) is 128 cm³/mol. The Kier molecular flexibility index (Phi) is 7.18. The van der Waals surface area contributed by atoms with Crippen molar-refractivity contribution in [2.75, 3.05) is 10.5 Å². The largest absolute Gasteiger partial charge is 0.368 e. The smallest absolute Gasteiger partial charge is 0.235 e. The molecule has 8 heteroatoms. The number of aromatic nitrogens is 2. The number of aryl methyl sites for hydroxylation is 2. The lowest BCUT2D eigenvalue weighted by molar-refractivity contribution is 0.593. The van der Waals surface area contributed by atoms with Crippen molar-refractivity contribution in [3.8, 4) is 11.3 Å². The molecule has 0 aliphatic rings. The van der Waals surface area contributed by atoms with Crippen LogP contribution in [0.5, 0.6) is 0 Å². The molecule has 164 valence electrons. The molecule has 0 saturated heterocycles. The lowest BCUT2D eigenvalue weighted by Crippen LogP contribution is -2.22. The molecular formula is C23H27ClN4O2S. The van der Waals surface area contributed by atoms with Crippen molar-refractivity contribution in [1.82, 2.24) is 9.97 Å². The number of sulfonamides is 1. The number of nitrogens with zero attached hydrogens (tertiary/aromatic N) is 2. The quantitative estimate of drug-likeness (QED) is 0.494. The van der Waals surface area contributed by atoms with E-state index in [1.54, 1.807) is 26.0 Å². The van der Waals surface area contributed by atoms with E-state index >= 15 is 0 Å². The Hall–Kier alpha value is -2.64. The predicted octanol–water partition coefficient (Wildman–Crippen LogP) is 5.01. The summed E-state index contributed by atoms with van der Waals surface area (Å²) < 4.78 is 26.5. The van der Waals surface area contributed by atoms with Gasteiger partial charge in [-0.3, -0.25) is 4.72 Å². The molecule has 1 heterocycles. The third kappa shape index (κ3) is 5.95. The average Bonchev–Trinajstić information content (AvgIpc) is 2.70. The SMILES string of the molecule is Cc1c(Cl)cccc1-c1cc(CCCc2ccc(NS(=O)(=O)C(C)C)cc2)nc(N)n1. The van der Waals surface area contributed by atoms with E-state index in [1.165, 1.54) is 0 Å². The maximum Gasteiger partial charge on any atom is 0.235 e. The normalized spacial score (nSPS) is 11.6. The van der Waals surface area contributed by atoms with Crippen LogP contribution in [0.4, 0.5) is 11.6 Å². The van der Waals surface area contributed by atoms with Crippen LogP contribution in [-0.4, -0.2) is 23.6 Å². The zero-order valence-electron chi connectivity index (χ0n) is 17.9. The van der Waals surface area contributed by atoms with Gasteiger partial charge >= 0.3 is 0 Å². The first-order valence-electron chi connectivity index (χ1n) is 10.1. The summed E-state index contributed by atoms with van der Waals surface area (Å²) in [5.74, 6) is 0.244. The maximum atomic E-state index is 12.0. The molecule has 3 rings (SSSR count). The van der Waals surface area contributed by atoms with Crippen LogP contribution in [0.1, 0.15) is 37.1 Å². The zero-order valence-corrected chi connectivity index (χ0v) is 19.5.